The van der Waals surface area contributed by atoms with Crippen LogP contribution in [0.1, 0.15) is 16.7 Å². The van der Waals surface area contributed by atoms with Crippen molar-refractivity contribution < 1.29 is 17.9 Å². The molecule has 86 valence electrons. The summed E-state index contributed by atoms with van der Waals surface area (Å²) in [5.74, 6) is -0.332. The van der Waals surface area contributed by atoms with Crippen molar-refractivity contribution in [2.45, 2.75) is 11.5 Å². The highest BCUT2D eigenvalue weighted by atomic mass is 79.9. The third kappa shape index (κ3) is 2.47. The molecule has 0 aromatic heterocycles. The van der Waals surface area contributed by atoms with Crippen LogP contribution in [0.25, 0.3) is 0 Å². The van der Waals surface area contributed by atoms with Crippen molar-refractivity contribution in [2.75, 3.05) is 7.11 Å². The lowest BCUT2D eigenvalue weighted by atomic mass is 10.0. The highest BCUT2D eigenvalue weighted by molar-refractivity contribution is 9.08. The van der Waals surface area contributed by atoms with Gasteiger partial charge in [-0.15, -0.1) is 0 Å². The van der Waals surface area contributed by atoms with E-state index in [1.165, 1.54) is 18.2 Å². The van der Waals surface area contributed by atoms with Crippen LogP contribution in [0, 0.1) is 11.3 Å². The van der Waals surface area contributed by atoms with E-state index in [9.17, 15) is 13.2 Å². The summed E-state index contributed by atoms with van der Waals surface area (Å²) in [6.07, 6.45) is -4.60. The molecule has 0 saturated carbocycles. The highest BCUT2D eigenvalue weighted by Gasteiger charge is 2.37. The first-order valence-corrected chi connectivity index (χ1v) is 5.30. The first kappa shape index (κ1) is 12.8. The maximum absolute atomic E-state index is 12.7. The van der Waals surface area contributed by atoms with Crippen molar-refractivity contribution >= 4 is 15.9 Å². The molecule has 0 aliphatic carbocycles. The smallest absolute Gasteiger partial charge is 0.421 e. The van der Waals surface area contributed by atoms with Crippen molar-refractivity contribution in [1.82, 2.24) is 0 Å². The van der Waals surface area contributed by atoms with Crippen LogP contribution in [-0.4, -0.2) is 7.11 Å². The molecule has 0 aliphatic heterocycles. The summed E-state index contributed by atoms with van der Waals surface area (Å²) in [6, 6.07) is 3.99. The average Bonchev–Trinajstić information content (AvgIpc) is 2.25. The van der Waals surface area contributed by atoms with E-state index < -0.39 is 17.3 Å². The molecular formula is C10H7BrF3NO. The van der Waals surface area contributed by atoms with Crippen LogP contribution in [0.4, 0.5) is 13.2 Å². The van der Waals surface area contributed by atoms with Crippen LogP contribution < -0.4 is 4.74 Å². The van der Waals surface area contributed by atoms with E-state index >= 15 is 0 Å². The molecular weight excluding hydrogens is 287 g/mol. The third-order valence-electron chi connectivity index (χ3n) is 1.94. The Labute approximate surface area is 98.8 Å². The Bertz CT molecular complexity index is 437. The predicted octanol–water partition coefficient (Wildman–Crippen LogP) is 3.48. The van der Waals surface area contributed by atoms with Gasteiger partial charge in [0.15, 0.2) is 0 Å². The van der Waals surface area contributed by atoms with E-state index in [1.807, 2.05) is 0 Å². The van der Waals surface area contributed by atoms with E-state index in [0.717, 1.165) is 7.11 Å². The number of rotatable bonds is 2. The zero-order valence-electron chi connectivity index (χ0n) is 8.23. The maximum Gasteiger partial charge on any atom is 0.421 e. The lowest BCUT2D eigenvalue weighted by Crippen LogP contribution is -2.10. The molecule has 1 rings (SSSR count). The van der Waals surface area contributed by atoms with Gasteiger partial charge in [0.05, 0.1) is 18.7 Å². The van der Waals surface area contributed by atoms with Gasteiger partial charge in [0.1, 0.15) is 11.3 Å². The van der Waals surface area contributed by atoms with Crippen LogP contribution in [0.2, 0.25) is 0 Å². The van der Waals surface area contributed by atoms with Gasteiger partial charge in [-0.25, -0.2) is 0 Å². The van der Waals surface area contributed by atoms with Crippen LogP contribution in [0.3, 0.4) is 0 Å². The molecule has 0 aliphatic rings. The Balaban J connectivity index is 3.52. The second-order valence-electron chi connectivity index (χ2n) is 2.96. The monoisotopic (exact) mass is 293 g/mol. The number of ether oxygens (including phenoxy) is 1. The molecule has 2 nitrogen and oxygen atoms in total. The fourth-order valence-electron chi connectivity index (χ4n) is 1.29. The standard InChI is InChI=1S/C10H7BrF3NO/c1-16-8-3-6(4-11)2-7(5-15)9(8)10(12,13)14/h2-3H,4H2,1H3. The van der Waals surface area contributed by atoms with Gasteiger partial charge in [-0.3, -0.25) is 0 Å². The van der Waals surface area contributed by atoms with Crippen LogP contribution in [0.15, 0.2) is 12.1 Å². The summed E-state index contributed by atoms with van der Waals surface area (Å²) in [7, 11) is 1.14. The lowest BCUT2D eigenvalue weighted by Gasteiger charge is -2.14. The molecule has 6 heteroatoms. The number of methoxy groups -OCH3 is 1. The fourth-order valence-corrected chi connectivity index (χ4v) is 1.61. The molecule has 1 aromatic rings. The van der Waals surface area contributed by atoms with Crippen LogP contribution in [0.5, 0.6) is 5.75 Å². The summed E-state index contributed by atoms with van der Waals surface area (Å²) in [5, 5.41) is 9.06. The minimum Gasteiger partial charge on any atom is -0.496 e. The minimum atomic E-state index is -4.60. The number of nitriles is 1. The minimum absolute atomic E-state index is 0.332. The van der Waals surface area contributed by atoms with Crippen molar-refractivity contribution in [2.24, 2.45) is 0 Å². The zero-order valence-corrected chi connectivity index (χ0v) is 9.82. The summed E-state index contributed by atoms with van der Waals surface area (Å²) in [6.45, 7) is 0. The van der Waals surface area contributed by atoms with Gasteiger partial charge in [-0.05, 0) is 17.7 Å². The van der Waals surface area contributed by atoms with Gasteiger partial charge in [-0.1, -0.05) is 15.9 Å². The summed E-state index contributed by atoms with van der Waals surface area (Å²) in [4.78, 5) is 0. The van der Waals surface area contributed by atoms with Gasteiger partial charge >= 0.3 is 6.18 Å². The Kier molecular flexibility index (Phi) is 3.81. The summed E-state index contributed by atoms with van der Waals surface area (Å²) < 4.78 is 42.7. The van der Waals surface area contributed by atoms with Gasteiger partial charge in [-0.2, -0.15) is 18.4 Å². The van der Waals surface area contributed by atoms with E-state index in [4.69, 9.17) is 5.26 Å². The van der Waals surface area contributed by atoms with E-state index in [1.54, 1.807) is 0 Å². The Hall–Kier alpha value is -1.22. The Morgan fingerprint density at radius 3 is 2.44 bits per heavy atom. The molecule has 0 bridgehead atoms. The quantitative estimate of drug-likeness (QED) is 0.782. The van der Waals surface area contributed by atoms with Crippen molar-refractivity contribution in [3.05, 3.63) is 28.8 Å². The predicted molar refractivity (Wildman–Crippen MR) is 55.3 cm³/mol. The molecule has 0 N–H and O–H groups in total. The SMILES string of the molecule is COc1cc(CBr)cc(C#N)c1C(F)(F)F. The third-order valence-corrected chi connectivity index (χ3v) is 2.59. The molecule has 0 spiro atoms. The fraction of sp³-hybridized carbons (Fsp3) is 0.300. The number of hydrogen-bond acceptors (Lipinski definition) is 2. The van der Waals surface area contributed by atoms with E-state index in [2.05, 4.69) is 20.7 Å². The normalized spacial score (nSPS) is 11.0. The zero-order chi connectivity index (χ0) is 12.3. The van der Waals surface area contributed by atoms with E-state index in [-0.39, 0.29) is 5.75 Å². The van der Waals surface area contributed by atoms with E-state index in [0.29, 0.717) is 10.9 Å². The first-order valence-electron chi connectivity index (χ1n) is 4.18. The molecule has 0 atom stereocenters. The number of hydrogen-bond donors (Lipinski definition) is 0. The summed E-state index contributed by atoms with van der Waals surface area (Å²) in [5.41, 5.74) is -0.898. The Morgan fingerprint density at radius 2 is 2.06 bits per heavy atom. The van der Waals surface area contributed by atoms with Gasteiger partial charge in [0.25, 0.3) is 0 Å². The molecule has 0 fully saturated rings. The topological polar surface area (TPSA) is 33.0 Å². The van der Waals surface area contributed by atoms with Crippen molar-refractivity contribution in [1.29, 1.82) is 5.26 Å². The maximum atomic E-state index is 12.7. The number of nitrogens with zero attached hydrogens (tertiary/aromatic N) is 1. The molecule has 0 heterocycles. The second kappa shape index (κ2) is 4.74. The van der Waals surface area contributed by atoms with Crippen molar-refractivity contribution in [3.8, 4) is 11.8 Å². The summed E-state index contributed by atoms with van der Waals surface area (Å²) >= 11 is 3.11. The number of alkyl halides is 4. The van der Waals surface area contributed by atoms with Gasteiger partial charge in [0, 0.05) is 5.33 Å². The van der Waals surface area contributed by atoms with Gasteiger partial charge < -0.3 is 4.74 Å². The van der Waals surface area contributed by atoms with Crippen LogP contribution >= 0.6 is 15.9 Å². The largest absolute Gasteiger partial charge is 0.496 e. The number of benzene rings is 1. The molecule has 0 radical (unpaired) electrons. The Morgan fingerprint density at radius 1 is 1.44 bits per heavy atom. The molecule has 0 saturated heterocycles. The lowest BCUT2D eigenvalue weighted by molar-refractivity contribution is -0.138. The average molecular weight is 294 g/mol. The number of halogens is 4. The molecule has 0 unspecified atom stereocenters. The second-order valence-corrected chi connectivity index (χ2v) is 3.52. The highest BCUT2D eigenvalue weighted by Crippen LogP contribution is 2.39. The molecule has 1 aromatic carbocycles. The first-order chi connectivity index (χ1) is 7.43. The van der Waals surface area contributed by atoms with Crippen molar-refractivity contribution in [3.63, 3.8) is 0 Å². The van der Waals surface area contributed by atoms with Gasteiger partial charge in [0.2, 0.25) is 0 Å². The molecule has 0 amide bonds. The molecule has 16 heavy (non-hydrogen) atoms. The van der Waals surface area contributed by atoms with Crippen LogP contribution in [-0.2, 0) is 11.5 Å².